The van der Waals surface area contributed by atoms with Crippen molar-refractivity contribution >= 4 is 35.5 Å². The number of carbonyl (C=O) groups is 2. The lowest BCUT2D eigenvalue weighted by molar-refractivity contribution is -0.139. The Kier molecular flexibility index (Phi) is 6.57. The lowest BCUT2D eigenvalue weighted by atomic mass is 10.2. The molecule has 1 aliphatic heterocycles. The van der Waals surface area contributed by atoms with Crippen LogP contribution in [0.1, 0.15) is 13.3 Å². The number of hydrogen-bond acceptors (Lipinski definition) is 4. The molecule has 0 aromatic carbocycles. The quantitative estimate of drug-likeness (QED) is 0.699. The summed E-state index contributed by atoms with van der Waals surface area (Å²) < 4.78 is 0. The molecule has 0 radical (unpaired) electrons. The van der Waals surface area contributed by atoms with Crippen LogP contribution in [0.25, 0.3) is 0 Å². The number of carboxylic acids is 1. The normalized spacial score (nSPS) is 21.6. The molecule has 98 valence electrons. The van der Waals surface area contributed by atoms with Gasteiger partial charge in [0.25, 0.3) is 0 Å². The molecular weight excluding hydrogens is 260 g/mol. The van der Waals surface area contributed by atoms with Crippen molar-refractivity contribution in [3.63, 3.8) is 0 Å². The van der Waals surface area contributed by atoms with E-state index in [1.807, 2.05) is 23.5 Å². The highest BCUT2D eigenvalue weighted by Gasteiger charge is 2.19. The van der Waals surface area contributed by atoms with Crippen LogP contribution in [0.3, 0.4) is 0 Å². The molecule has 1 rings (SSSR count). The van der Waals surface area contributed by atoms with Gasteiger partial charge in [-0.05, 0) is 6.42 Å². The van der Waals surface area contributed by atoms with Gasteiger partial charge in [0.05, 0.1) is 0 Å². The third kappa shape index (κ3) is 5.54. The molecule has 2 amide bonds. The average Bonchev–Trinajstić information content (AvgIpc) is 2.34. The molecule has 0 aromatic heterocycles. The first-order chi connectivity index (χ1) is 8.13. The molecule has 0 aromatic rings. The van der Waals surface area contributed by atoms with E-state index in [9.17, 15) is 9.59 Å². The van der Waals surface area contributed by atoms with E-state index in [0.29, 0.717) is 18.2 Å². The van der Waals surface area contributed by atoms with Gasteiger partial charge in [-0.2, -0.15) is 23.5 Å². The van der Waals surface area contributed by atoms with E-state index in [1.54, 1.807) is 6.92 Å². The summed E-state index contributed by atoms with van der Waals surface area (Å²) in [5.41, 5.74) is 0. The largest absolute Gasteiger partial charge is 0.480 e. The van der Waals surface area contributed by atoms with Crippen LogP contribution >= 0.6 is 23.5 Å². The number of carbonyl (C=O) groups excluding carboxylic acids is 1. The van der Waals surface area contributed by atoms with Gasteiger partial charge >= 0.3 is 12.0 Å². The lowest BCUT2D eigenvalue weighted by Gasteiger charge is -2.21. The number of nitrogens with one attached hydrogen (secondary N) is 2. The Bertz CT molecular complexity index is 270. The van der Waals surface area contributed by atoms with E-state index in [0.717, 1.165) is 11.5 Å². The van der Waals surface area contributed by atoms with Crippen molar-refractivity contribution in [1.82, 2.24) is 10.6 Å². The average molecular weight is 278 g/mol. The number of aliphatic carboxylic acids is 1. The van der Waals surface area contributed by atoms with Crippen LogP contribution in [-0.2, 0) is 4.79 Å². The molecule has 1 heterocycles. The van der Waals surface area contributed by atoms with Gasteiger partial charge in [-0.1, -0.05) is 6.92 Å². The summed E-state index contributed by atoms with van der Waals surface area (Å²) in [4.78, 5) is 22.2. The third-order valence-corrected chi connectivity index (χ3v) is 5.23. The van der Waals surface area contributed by atoms with Crippen LogP contribution in [0.5, 0.6) is 0 Å². The Hall–Kier alpha value is -0.560. The van der Waals surface area contributed by atoms with Gasteiger partial charge in [0.2, 0.25) is 0 Å². The minimum Gasteiger partial charge on any atom is -0.480 e. The summed E-state index contributed by atoms with van der Waals surface area (Å²) in [5.74, 6) is 2.33. The van der Waals surface area contributed by atoms with Gasteiger partial charge < -0.3 is 15.7 Å². The molecule has 0 aliphatic carbocycles. The fourth-order valence-electron chi connectivity index (χ4n) is 1.41. The fraction of sp³-hybridized carbons (Fsp3) is 0.800. The second kappa shape index (κ2) is 7.71. The Balaban J connectivity index is 2.21. The van der Waals surface area contributed by atoms with Gasteiger partial charge in [-0.25, -0.2) is 9.59 Å². The number of amides is 2. The van der Waals surface area contributed by atoms with Gasteiger partial charge in [0.15, 0.2) is 0 Å². The van der Waals surface area contributed by atoms with Crippen molar-refractivity contribution in [2.75, 3.05) is 23.8 Å². The van der Waals surface area contributed by atoms with Crippen molar-refractivity contribution in [2.24, 2.45) is 0 Å². The number of thioether (sulfide) groups is 2. The van der Waals surface area contributed by atoms with E-state index in [-0.39, 0.29) is 0 Å². The maximum absolute atomic E-state index is 11.5. The second-order valence-corrected chi connectivity index (χ2v) is 6.28. The molecule has 0 bridgehead atoms. The lowest BCUT2D eigenvalue weighted by Crippen LogP contribution is -2.47. The van der Waals surface area contributed by atoms with Gasteiger partial charge in [0, 0.05) is 29.1 Å². The molecule has 1 fully saturated rings. The molecule has 5 nitrogen and oxygen atoms in total. The molecule has 2 unspecified atom stereocenters. The molecule has 2 atom stereocenters. The maximum Gasteiger partial charge on any atom is 0.326 e. The molecular formula is C10H18N2O3S2. The van der Waals surface area contributed by atoms with Crippen molar-refractivity contribution in [2.45, 2.75) is 24.6 Å². The van der Waals surface area contributed by atoms with E-state index < -0.39 is 18.0 Å². The first kappa shape index (κ1) is 14.5. The summed E-state index contributed by atoms with van der Waals surface area (Å²) in [6.07, 6.45) is 0.386. The van der Waals surface area contributed by atoms with E-state index >= 15 is 0 Å². The first-order valence-electron chi connectivity index (χ1n) is 5.60. The zero-order chi connectivity index (χ0) is 12.7. The smallest absolute Gasteiger partial charge is 0.326 e. The standard InChI is InChI=1S/C10H18N2O3S2/c1-2-8(9(13)14)12-10(15)11-5-7-6-16-3-4-17-7/h7-8H,2-6H2,1H3,(H,13,14)(H2,11,12,15). The summed E-state index contributed by atoms with van der Waals surface area (Å²) in [6.45, 7) is 2.33. The molecule has 3 N–H and O–H groups in total. The van der Waals surface area contributed by atoms with Gasteiger partial charge in [-0.15, -0.1) is 0 Å². The molecule has 0 saturated carbocycles. The monoisotopic (exact) mass is 278 g/mol. The Labute approximate surface area is 109 Å². The zero-order valence-electron chi connectivity index (χ0n) is 9.77. The molecule has 17 heavy (non-hydrogen) atoms. The van der Waals surface area contributed by atoms with Crippen molar-refractivity contribution in [1.29, 1.82) is 0 Å². The molecule has 7 heteroatoms. The second-order valence-electron chi connectivity index (χ2n) is 3.72. The Morgan fingerprint density at radius 3 is 2.76 bits per heavy atom. The topological polar surface area (TPSA) is 78.4 Å². The van der Waals surface area contributed by atoms with E-state index in [2.05, 4.69) is 10.6 Å². The summed E-state index contributed by atoms with van der Waals surface area (Å²) >= 11 is 3.75. The Morgan fingerprint density at radius 2 is 2.24 bits per heavy atom. The van der Waals surface area contributed by atoms with Crippen LogP contribution in [0.4, 0.5) is 4.79 Å². The van der Waals surface area contributed by atoms with Crippen LogP contribution < -0.4 is 10.6 Å². The van der Waals surface area contributed by atoms with Crippen molar-refractivity contribution in [3.05, 3.63) is 0 Å². The van der Waals surface area contributed by atoms with Crippen LogP contribution in [-0.4, -0.2) is 52.2 Å². The predicted octanol–water partition coefficient (Wildman–Crippen LogP) is 0.997. The predicted molar refractivity (Wildman–Crippen MR) is 71.8 cm³/mol. The van der Waals surface area contributed by atoms with Crippen molar-refractivity contribution in [3.8, 4) is 0 Å². The maximum atomic E-state index is 11.5. The highest BCUT2D eigenvalue weighted by molar-refractivity contribution is 8.06. The van der Waals surface area contributed by atoms with Crippen molar-refractivity contribution < 1.29 is 14.7 Å². The first-order valence-corrected chi connectivity index (χ1v) is 7.80. The highest BCUT2D eigenvalue weighted by atomic mass is 32.2. The third-order valence-electron chi connectivity index (χ3n) is 2.39. The minimum absolute atomic E-state index is 0.386. The summed E-state index contributed by atoms with van der Waals surface area (Å²) in [5, 5.41) is 14.4. The van der Waals surface area contributed by atoms with Gasteiger partial charge in [-0.3, -0.25) is 0 Å². The van der Waals surface area contributed by atoms with E-state index in [4.69, 9.17) is 5.11 Å². The highest BCUT2D eigenvalue weighted by Crippen LogP contribution is 2.23. The van der Waals surface area contributed by atoms with E-state index in [1.165, 1.54) is 5.75 Å². The summed E-state index contributed by atoms with van der Waals surface area (Å²) in [6, 6.07) is -1.20. The number of urea groups is 1. The number of carboxylic acid groups (broad SMARTS) is 1. The van der Waals surface area contributed by atoms with Crippen LogP contribution in [0.15, 0.2) is 0 Å². The van der Waals surface area contributed by atoms with Crippen LogP contribution in [0, 0.1) is 0 Å². The number of rotatable bonds is 5. The SMILES string of the molecule is CCC(NC(=O)NCC1CSCCS1)C(=O)O. The molecule has 1 saturated heterocycles. The molecule has 0 spiro atoms. The number of hydrogen-bond donors (Lipinski definition) is 3. The van der Waals surface area contributed by atoms with Crippen LogP contribution in [0.2, 0.25) is 0 Å². The fourth-order valence-corrected chi connectivity index (χ4v) is 4.02. The van der Waals surface area contributed by atoms with Gasteiger partial charge in [0.1, 0.15) is 6.04 Å². The minimum atomic E-state index is -0.995. The summed E-state index contributed by atoms with van der Waals surface area (Å²) in [7, 11) is 0. The zero-order valence-corrected chi connectivity index (χ0v) is 11.4. The molecule has 1 aliphatic rings. The Morgan fingerprint density at radius 1 is 1.47 bits per heavy atom.